The molecule has 2 aromatic rings. The predicted molar refractivity (Wildman–Crippen MR) is 120 cm³/mol. The van der Waals surface area contributed by atoms with Crippen molar-refractivity contribution in [1.82, 2.24) is 14.8 Å². The first-order valence-corrected chi connectivity index (χ1v) is 11.6. The van der Waals surface area contributed by atoms with Crippen molar-refractivity contribution in [2.45, 2.75) is 59.0 Å². The second-order valence-corrected chi connectivity index (χ2v) is 10.2. The third-order valence-corrected chi connectivity index (χ3v) is 7.70. The average molecular weight is 424 g/mol. The molecule has 1 aromatic heterocycles. The van der Waals surface area contributed by atoms with Gasteiger partial charge in [0.2, 0.25) is 5.91 Å². The number of aliphatic hydroxyl groups is 1. The van der Waals surface area contributed by atoms with Gasteiger partial charge in [0, 0.05) is 37.1 Å². The summed E-state index contributed by atoms with van der Waals surface area (Å²) >= 11 is 0. The van der Waals surface area contributed by atoms with Crippen LogP contribution in [0.3, 0.4) is 0 Å². The lowest BCUT2D eigenvalue weighted by Crippen LogP contribution is -2.58. The summed E-state index contributed by atoms with van der Waals surface area (Å²) < 4.78 is 0. The highest BCUT2D eigenvalue weighted by Gasteiger charge is 2.49. The minimum absolute atomic E-state index is 0.0132. The van der Waals surface area contributed by atoms with Crippen LogP contribution >= 0.6 is 0 Å². The van der Waals surface area contributed by atoms with Gasteiger partial charge in [0.1, 0.15) is 5.69 Å². The lowest BCUT2D eigenvalue weighted by atomic mass is 9.70. The van der Waals surface area contributed by atoms with Crippen molar-refractivity contribution in [3.8, 4) is 0 Å². The van der Waals surface area contributed by atoms with E-state index in [4.69, 9.17) is 0 Å². The molecule has 2 N–H and O–H groups in total. The van der Waals surface area contributed by atoms with Crippen LogP contribution in [-0.2, 0) is 4.79 Å². The number of aliphatic hydroxyl groups excluding tert-OH is 1. The number of carbonyl (C=O) groups excluding carboxylic acids is 2. The molecule has 166 valence electrons. The number of fused-ring (bicyclic) bond motifs is 1. The van der Waals surface area contributed by atoms with Gasteiger partial charge in [0.15, 0.2) is 0 Å². The Bertz CT molecular complexity index is 1040. The van der Waals surface area contributed by atoms with E-state index >= 15 is 0 Å². The highest BCUT2D eigenvalue weighted by Crippen LogP contribution is 2.43. The molecule has 1 saturated carbocycles. The average Bonchev–Trinajstić information content (AvgIpc) is 3.48. The van der Waals surface area contributed by atoms with Crippen LogP contribution in [0.1, 0.15) is 59.3 Å². The van der Waals surface area contributed by atoms with Gasteiger partial charge in [-0.25, -0.2) is 0 Å². The largest absolute Gasteiger partial charge is 0.391 e. The molecular weight excluding hydrogens is 390 g/mol. The van der Waals surface area contributed by atoms with Gasteiger partial charge in [-0.2, -0.15) is 0 Å². The number of aromatic amines is 1. The number of hydrogen-bond acceptors (Lipinski definition) is 3. The maximum absolute atomic E-state index is 13.4. The van der Waals surface area contributed by atoms with Gasteiger partial charge >= 0.3 is 0 Å². The Labute approximate surface area is 183 Å². The summed E-state index contributed by atoms with van der Waals surface area (Å²) in [6, 6.07) is 4.26. The molecule has 3 aliphatic rings. The molecule has 1 spiro atoms. The summed E-state index contributed by atoms with van der Waals surface area (Å²) in [5, 5.41) is 11.6. The first-order chi connectivity index (χ1) is 14.8. The molecule has 1 aromatic carbocycles. The summed E-state index contributed by atoms with van der Waals surface area (Å²) in [5.74, 6) is 0.828. The number of hydrogen-bond donors (Lipinski definition) is 2. The molecule has 2 aliphatic heterocycles. The molecule has 6 heteroatoms. The highest BCUT2D eigenvalue weighted by atomic mass is 16.3. The van der Waals surface area contributed by atoms with Crippen LogP contribution in [0.5, 0.6) is 0 Å². The van der Waals surface area contributed by atoms with Gasteiger partial charge in [-0.05, 0) is 76.0 Å². The number of rotatable bonds is 3. The first-order valence-electron chi connectivity index (χ1n) is 11.6. The number of piperidine rings is 2. The summed E-state index contributed by atoms with van der Waals surface area (Å²) in [6.45, 7) is 8.51. The van der Waals surface area contributed by atoms with E-state index in [0.29, 0.717) is 50.5 Å². The van der Waals surface area contributed by atoms with E-state index in [1.807, 2.05) is 16.7 Å². The van der Waals surface area contributed by atoms with Crippen molar-refractivity contribution in [1.29, 1.82) is 0 Å². The highest BCUT2D eigenvalue weighted by molar-refractivity contribution is 6.02. The van der Waals surface area contributed by atoms with Crippen LogP contribution in [0.15, 0.2) is 12.1 Å². The van der Waals surface area contributed by atoms with Crippen LogP contribution in [0.25, 0.3) is 10.9 Å². The first kappa shape index (κ1) is 20.6. The van der Waals surface area contributed by atoms with Crippen LogP contribution < -0.4 is 0 Å². The fourth-order valence-corrected chi connectivity index (χ4v) is 5.76. The normalized spacial score (nSPS) is 23.7. The summed E-state index contributed by atoms with van der Waals surface area (Å²) in [7, 11) is 0. The third kappa shape index (κ3) is 3.55. The topological polar surface area (TPSA) is 76.6 Å². The van der Waals surface area contributed by atoms with Gasteiger partial charge in [0.25, 0.3) is 5.91 Å². The van der Waals surface area contributed by atoms with Crippen LogP contribution in [0, 0.1) is 32.1 Å². The molecule has 2 amide bonds. The SMILES string of the molecule is Cc1cc(C)c2[nH]c(C(=O)N3CCC4(CC3)CC(O)CN(CC3CC3)C4=O)c(C)c2c1. The van der Waals surface area contributed by atoms with E-state index in [2.05, 4.69) is 31.0 Å². The smallest absolute Gasteiger partial charge is 0.270 e. The molecule has 1 unspecified atom stereocenters. The number of nitrogens with one attached hydrogen (secondary N) is 1. The molecule has 3 fully saturated rings. The second-order valence-electron chi connectivity index (χ2n) is 10.2. The van der Waals surface area contributed by atoms with E-state index in [1.165, 1.54) is 18.4 Å². The number of amides is 2. The lowest BCUT2D eigenvalue weighted by Gasteiger charge is -2.48. The summed E-state index contributed by atoms with van der Waals surface area (Å²) in [5.41, 5.74) is 4.51. The lowest BCUT2D eigenvalue weighted by molar-refractivity contribution is -0.156. The number of H-pyrrole nitrogens is 1. The Morgan fingerprint density at radius 2 is 1.90 bits per heavy atom. The molecule has 0 bridgehead atoms. The predicted octanol–water partition coefficient (Wildman–Crippen LogP) is 3.32. The van der Waals surface area contributed by atoms with Crippen LogP contribution in [-0.4, -0.2) is 64.0 Å². The second kappa shape index (κ2) is 7.37. The van der Waals surface area contributed by atoms with E-state index in [0.717, 1.165) is 28.6 Å². The zero-order chi connectivity index (χ0) is 21.9. The molecule has 6 nitrogen and oxygen atoms in total. The summed E-state index contributed by atoms with van der Waals surface area (Å²) in [6.07, 6.45) is 3.72. The maximum atomic E-state index is 13.4. The van der Waals surface area contributed by atoms with Crippen molar-refractivity contribution in [3.05, 3.63) is 34.5 Å². The van der Waals surface area contributed by atoms with E-state index in [-0.39, 0.29) is 11.8 Å². The molecule has 2 saturated heterocycles. The molecular formula is C25H33N3O3. The van der Waals surface area contributed by atoms with Gasteiger partial charge in [-0.1, -0.05) is 11.6 Å². The Morgan fingerprint density at radius 3 is 2.58 bits per heavy atom. The molecule has 1 atom stereocenters. The van der Waals surface area contributed by atoms with Gasteiger partial charge in [-0.15, -0.1) is 0 Å². The van der Waals surface area contributed by atoms with Gasteiger partial charge in [-0.3, -0.25) is 9.59 Å². The summed E-state index contributed by atoms with van der Waals surface area (Å²) in [4.78, 5) is 33.8. The Hall–Kier alpha value is -2.34. The molecule has 1 aliphatic carbocycles. The molecule has 31 heavy (non-hydrogen) atoms. The van der Waals surface area contributed by atoms with Gasteiger partial charge in [0.05, 0.1) is 11.5 Å². The quantitative estimate of drug-likeness (QED) is 0.795. The minimum atomic E-state index is -0.507. The Kier molecular flexibility index (Phi) is 4.88. The maximum Gasteiger partial charge on any atom is 0.270 e. The van der Waals surface area contributed by atoms with Crippen molar-refractivity contribution >= 4 is 22.7 Å². The monoisotopic (exact) mass is 423 g/mol. The van der Waals surface area contributed by atoms with E-state index in [1.54, 1.807) is 0 Å². The number of likely N-dealkylation sites (tertiary alicyclic amines) is 2. The standard InChI is InChI=1S/C25H33N3O3/c1-15-10-16(2)21-20(11-15)17(3)22(26-21)23(30)27-8-6-25(7-9-27)12-19(29)14-28(24(25)31)13-18-4-5-18/h10-11,18-19,26,29H,4-9,12-14H2,1-3H3. The van der Waals surface area contributed by atoms with E-state index in [9.17, 15) is 14.7 Å². The van der Waals surface area contributed by atoms with Crippen LogP contribution in [0.4, 0.5) is 0 Å². The number of β-amino-alcohol motifs (C(OH)–C–C–N with tert-alkyl or cyclic N) is 1. The van der Waals surface area contributed by atoms with Gasteiger partial charge < -0.3 is 19.9 Å². The number of benzene rings is 1. The fraction of sp³-hybridized carbons (Fsp3) is 0.600. The number of aryl methyl sites for hydroxylation is 3. The molecule has 3 heterocycles. The van der Waals surface area contributed by atoms with Crippen molar-refractivity contribution in [3.63, 3.8) is 0 Å². The third-order valence-electron chi connectivity index (χ3n) is 7.70. The Morgan fingerprint density at radius 1 is 1.19 bits per heavy atom. The zero-order valence-corrected chi connectivity index (χ0v) is 18.8. The van der Waals surface area contributed by atoms with Crippen molar-refractivity contribution in [2.24, 2.45) is 11.3 Å². The number of aromatic nitrogens is 1. The van der Waals surface area contributed by atoms with Crippen molar-refractivity contribution < 1.29 is 14.7 Å². The fourth-order valence-electron chi connectivity index (χ4n) is 5.76. The molecule has 0 radical (unpaired) electrons. The number of carbonyl (C=O) groups is 2. The van der Waals surface area contributed by atoms with Crippen LogP contribution in [0.2, 0.25) is 0 Å². The zero-order valence-electron chi connectivity index (χ0n) is 18.8. The number of nitrogens with zero attached hydrogens (tertiary/aromatic N) is 2. The Balaban J connectivity index is 1.34. The minimum Gasteiger partial charge on any atom is -0.391 e. The molecule has 5 rings (SSSR count). The van der Waals surface area contributed by atoms with Crippen molar-refractivity contribution in [2.75, 3.05) is 26.2 Å². The van der Waals surface area contributed by atoms with E-state index < -0.39 is 11.5 Å².